The summed E-state index contributed by atoms with van der Waals surface area (Å²) in [5.74, 6) is 1.39. The van der Waals surface area contributed by atoms with Crippen LogP contribution in [-0.2, 0) is 16.8 Å². The highest BCUT2D eigenvalue weighted by atomic mass is 16.2. The molecule has 0 aliphatic carbocycles. The van der Waals surface area contributed by atoms with Gasteiger partial charge in [0.15, 0.2) is 5.82 Å². The number of tetrazole rings is 1. The second-order valence-electron chi connectivity index (χ2n) is 8.52. The molecule has 0 saturated heterocycles. The summed E-state index contributed by atoms with van der Waals surface area (Å²) < 4.78 is 1.58. The molecule has 0 spiro atoms. The SMILES string of the molecule is CC(C)c1ccc(C(NC(=O)Cn2nnnc2C(C)(C)C)C(C)C)cc1. The lowest BCUT2D eigenvalue weighted by Crippen LogP contribution is -2.35. The number of hydrogen-bond donors (Lipinski definition) is 1. The zero-order valence-corrected chi connectivity index (χ0v) is 16.9. The van der Waals surface area contributed by atoms with Crippen molar-refractivity contribution in [3.8, 4) is 0 Å². The fourth-order valence-corrected chi connectivity index (χ4v) is 2.93. The third-order valence-electron chi connectivity index (χ3n) is 4.44. The van der Waals surface area contributed by atoms with Gasteiger partial charge in [0.1, 0.15) is 6.54 Å². The first-order valence-corrected chi connectivity index (χ1v) is 9.25. The summed E-state index contributed by atoms with van der Waals surface area (Å²) in [5, 5.41) is 14.9. The average Bonchev–Trinajstić information content (AvgIpc) is 3.00. The van der Waals surface area contributed by atoms with E-state index in [1.807, 2.05) is 20.8 Å². The summed E-state index contributed by atoms with van der Waals surface area (Å²) in [6.07, 6.45) is 0. The molecule has 0 bridgehead atoms. The average molecular weight is 358 g/mol. The Hall–Kier alpha value is -2.24. The van der Waals surface area contributed by atoms with Gasteiger partial charge >= 0.3 is 0 Å². The van der Waals surface area contributed by atoms with Crippen LogP contribution in [0.5, 0.6) is 0 Å². The van der Waals surface area contributed by atoms with Crippen LogP contribution >= 0.6 is 0 Å². The number of benzene rings is 1. The summed E-state index contributed by atoms with van der Waals surface area (Å²) in [4.78, 5) is 12.6. The van der Waals surface area contributed by atoms with Crippen molar-refractivity contribution in [3.63, 3.8) is 0 Å². The molecular weight excluding hydrogens is 326 g/mol. The molecule has 6 nitrogen and oxygen atoms in total. The van der Waals surface area contributed by atoms with E-state index in [2.05, 4.69) is 72.8 Å². The molecule has 1 aromatic carbocycles. The van der Waals surface area contributed by atoms with E-state index >= 15 is 0 Å². The summed E-state index contributed by atoms with van der Waals surface area (Å²) in [6, 6.07) is 8.45. The van der Waals surface area contributed by atoms with E-state index in [-0.39, 0.29) is 29.8 Å². The van der Waals surface area contributed by atoms with Gasteiger partial charge in [-0.15, -0.1) is 5.10 Å². The molecule has 1 amide bonds. The number of hydrogen-bond acceptors (Lipinski definition) is 4. The quantitative estimate of drug-likeness (QED) is 0.857. The first kappa shape index (κ1) is 20.1. The van der Waals surface area contributed by atoms with Gasteiger partial charge in [0, 0.05) is 5.41 Å². The highest BCUT2D eigenvalue weighted by Gasteiger charge is 2.24. The lowest BCUT2D eigenvalue weighted by atomic mass is 9.93. The Morgan fingerprint density at radius 1 is 1.08 bits per heavy atom. The van der Waals surface area contributed by atoms with Gasteiger partial charge in [0.2, 0.25) is 5.91 Å². The molecule has 1 heterocycles. The minimum Gasteiger partial charge on any atom is -0.347 e. The lowest BCUT2D eigenvalue weighted by molar-refractivity contribution is -0.123. The van der Waals surface area contributed by atoms with Crippen molar-refractivity contribution < 1.29 is 4.79 Å². The molecule has 26 heavy (non-hydrogen) atoms. The number of rotatable bonds is 6. The maximum Gasteiger partial charge on any atom is 0.242 e. The molecule has 2 rings (SSSR count). The molecule has 0 aliphatic rings. The maximum atomic E-state index is 12.6. The van der Waals surface area contributed by atoms with Gasteiger partial charge in [0.05, 0.1) is 6.04 Å². The third kappa shape index (κ3) is 4.90. The van der Waals surface area contributed by atoms with Crippen molar-refractivity contribution in [3.05, 3.63) is 41.2 Å². The van der Waals surface area contributed by atoms with E-state index in [1.165, 1.54) is 5.56 Å². The smallest absolute Gasteiger partial charge is 0.242 e. The molecule has 0 fully saturated rings. The van der Waals surface area contributed by atoms with E-state index < -0.39 is 0 Å². The van der Waals surface area contributed by atoms with Gasteiger partial charge in [-0.2, -0.15) is 0 Å². The molecule has 0 radical (unpaired) electrons. The van der Waals surface area contributed by atoms with Gasteiger partial charge in [-0.1, -0.05) is 72.7 Å². The molecule has 2 aromatic rings. The number of nitrogens with one attached hydrogen (secondary N) is 1. The summed E-state index contributed by atoms with van der Waals surface area (Å²) in [6.45, 7) is 14.8. The van der Waals surface area contributed by atoms with E-state index in [4.69, 9.17) is 0 Å². The second kappa shape index (κ2) is 7.98. The standard InChI is InChI=1S/C20H31N5O/c1-13(2)15-8-10-16(11-9-15)18(14(3)4)21-17(26)12-25-19(20(5,6)7)22-23-24-25/h8-11,13-14,18H,12H2,1-7H3,(H,21,26). The van der Waals surface area contributed by atoms with Crippen LogP contribution in [0, 0.1) is 5.92 Å². The van der Waals surface area contributed by atoms with Crippen LogP contribution in [-0.4, -0.2) is 26.1 Å². The minimum atomic E-state index is -0.214. The van der Waals surface area contributed by atoms with Crippen LogP contribution < -0.4 is 5.32 Å². The van der Waals surface area contributed by atoms with Crippen molar-refractivity contribution in [1.29, 1.82) is 0 Å². The normalized spacial score (nSPS) is 13.3. The first-order chi connectivity index (χ1) is 12.1. The summed E-state index contributed by atoms with van der Waals surface area (Å²) in [7, 11) is 0. The van der Waals surface area contributed by atoms with E-state index in [1.54, 1.807) is 4.68 Å². The number of amides is 1. The number of nitrogens with zero attached hydrogens (tertiary/aromatic N) is 4. The molecule has 6 heteroatoms. The van der Waals surface area contributed by atoms with Crippen LogP contribution in [0.3, 0.4) is 0 Å². The second-order valence-corrected chi connectivity index (χ2v) is 8.52. The van der Waals surface area contributed by atoms with Crippen LogP contribution in [0.4, 0.5) is 0 Å². The number of carbonyl (C=O) groups excluding carboxylic acids is 1. The van der Waals surface area contributed by atoms with Crippen molar-refractivity contribution in [2.75, 3.05) is 0 Å². The monoisotopic (exact) mass is 357 g/mol. The molecular formula is C20H31N5O. The van der Waals surface area contributed by atoms with Crippen molar-refractivity contribution in [1.82, 2.24) is 25.5 Å². The maximum absolute atomic E-state index is 12.6. The van der Waals surface area contributed by atoms with Gasteiger partial charge in [0.25, 0.3) is 0 Å². The van der Waals surface area contributed by atoms with E-state index in [0.29, 0.717) is 11.7 Å². The Bertz CT molecular complexity index is 725. The molecule has 0 aliphatic heterocycles. The lowest BCUT2D eigenvalue weighted by Gasteiger charge is -2.24. The number of aromatic nitrogens is 4. The predicted octanol–water partition coefficient (Wildman–Crippen LogP) is 3.61. The minimum absolute atomic E-state index is 0.0433. The van der Waals surface area contributed by atoms with Crippen LogP contribution in [0.1, 0.15) is 77.4 Å². The van der Waals surface area contributed by atoms with Crippen LogP contribution in [0.2, 0.25) is 0 Å². The molecule has 1 aromatic heterocycles. The first-order valence-electron chi connectivity index (χ1n) is 9.25. The number of carbonyl (C=O) groups is 1. The largest absolute Gasteiger partial charge is 0.347 e. The summed E-state index contributed by atoms with van der Waals surface area (Å²) >= 11 is 0. The predicted molar refractivity (Wildman–Crippen MR) is 103 cm³/mol. The van der Waals surface area contributed by atoms with E-state index in [9.17, 15) is 4.79 Å². The van der Waals surface area contributed by atoms with Gasteiger partial charge in [-0.25, -0.2) is 4.68 Å². The Labute approximate surface area is 156 Å². The fourth-order valence-electron chi connectivity index (χ4n) is 2.93. The molecule has 1 atom stereocenters. The zero-order valence-electron chi connectivity index (χ0n) is 16.9. The molecule has 0 saturated carbocycles. The highest BCUT2D eigenvalue weighted by Crippen LogP contribution is 2.24. The van der Waals surface area contributed by atoms with E-state index in [0.717, 1.165) is 5.56 Å². The molecule has 142 valence electrons. The summed E-state index contributed by atoms with van der Waals surface area (Å²) in [5.41, 5.74) is 2.20. The van der Waals surface area contributed by atoms with Crippen molar-refractivity contribution in [2.24, 2.45) is 5.92 Å². The van der Waals surface area contributed by atoms with Crippen LogP contribution in [0.15, 0.2) is 24.3 Å². The topological polar surface area (TPSA) is 72.7 Å². The van der Waals surface area contributed by atoms with Crippen LogP contribution in [0.25, 0.3) is 0 Å². The Morgan fingerprint density at radius 2 is 1.65 bits per heavy atom. The zero-order chi connectivity index (χ0) is 19.5. The Kier molecular flexibility index (Phi) is 6.16. The Balaban J connectivity index is 2.13. The van der Waals surface area contributed by atoms with Crippen molar-refractivity contribution in [2.45, 2.75) is 72.4 Å². The fraction of sp³-hybridized carbons (Fsp3) is 0.600. The van der Waals surface area contributed by atoms with Gasteiger partial charge in [-0.05, 0) is 33.4 Å². The highest BCUT2D eigenvalue weighted by molar-refractivity contribution is 5.76. The molecule has 1 N–H and O–H groups in total. The molecule has 1 unspecified atom stereocenters. The van der Waals surface area contributed by atoms with Gasteiger partial charge < -0.3 is 5.32 Å². The Morgan fingerprint density at radius 3 is 2.15 bits per heavy atom. The third-order valence-corrected chi connectivity index (χ3v) is 4.44. The van der Waals surface area contributed by atoms with Gasteiger partial charge in [-0.3, -0.25) is 4.79 Å². The van der Waals surface area contributed by atoms with Crippen molar-refractivity contribution >= 4 is 5.91 Å².